The minimum Gasteiger partial charge on any atom is -0.279 e. The fraction of sp³-hybridized carbons (Fsp3) is 0.0909. The molecule has 33 heavy (non-hydrogen) atoms. The van der Waals surface area contributed by atoms with E-state index in [9.17, 15) is 26.4 Å². The second-order valence-corrected chi connectivity index (χ2v) is 8.93. The molecule has 0 aromatic heterocycles. The molecule has 0 radical (unpaired) electrons. The van der Waals surface area contributed by atoms with Gasteiger partial charge in [0, 0.05) is 10.6 Å². The van der Waals surface area contributed by atoms with Gasteiger partial charge in [0.15, 0.2) is 0 Å². The quantitative estimate of drug-likeness (QED) is 0.363. The van der Waals surface area contributed by atoms with Crippen LogP contribution in [0.15, 0.2) is 82.8 Å². The van der Waals surface area contributed by atoms with Crippen LogP contribution in [-0.4, -0.2) is 20.5 Å². The van der Waals surface area contributed by atoms with Gasteiger partial charge in [-0.05, 0) is 48.0 Å². The third-order valence-corrected chi connectivity index (χ3v) is 5.96. The summed E-state index contributed by atoms with van der Waals surface area (Å²) in [5.41, 5.74) is 2.54. The Bertz CT molecular complexity index is 1280. The van der Waals surface area contributed by atoms with Crippen molar-refractivity contribution in [1.29, 1.82) is 0 Å². The Morgan fingerprint density at radius 3 is 2.36 bits per heavy atom. The van der Waals surface area contributed by atoms with Crippen LogP contribution in [0.1, 0.15) is 16.7 Å². The molecule has 0 aliphatic rings. The molecule has 0 bridgehead atoms. The number of hydrogen-bond donors (Lipinski definition) is 2. The Balaban J connectivity index is 1.70. The first kappa shape index (κ1) is 24.3. The van der Waals surface area contributed by atoms with Gasteiger partial charge in [0.1, 0.15) is 0 Å². The molecule has 1 amide bonds. The molecule has 0 unspecified atom stereocenters. The summed E-state index contributed by atoms with van der Waals surface area (Å²) >= 11 is 5.89. The highest BCUT2D eigenvalue weighted by atomic mass is 35.5. The highest BCUT2D eigenvalue weighted by Crippen LogP contribution is 2.30. The number of rotatable bonds is 7. The molecule has 0 aliphatic carbocycles. The van der Waals surface area contributed by atoms with E-state index in [0.717, 1.165) is 12.1 Å². The average Bonchev–Trinajstić information content (AvgIpc) is 2.74. The summed E-state index contributed by atoms with van der Waals surface area (Å²) in [6.45, 7) is 0. The largest absolute Gasteiger partial charge is 0.416 e. The minimum absolute atomic E-state index is 0.0418. The topological polar surface area (TPSA) is 87.6 Å². The number of halogens is 4. The van der Waals surface area contributed by atoms with E-state index < -0.39 is 27.7 Å². The zero-order valence-corrected chi connectivity index (χ0v) is 18.4. The summed E-state index contributed by atoms with van der Waals surface area (Å²) in [4.78, 5) is 11.7. The van der Waals surface area contributed by atoms with Crippen molar-refractivity contribution in [2.45, 2.75) is 17.5 Å². The van der Waals surface area contributed by atoms with Crippen LogP contribution in [0, 0.1) is 0 Å². The lowest BCUT2D eigenvalue weighted by molar-refractivity contribution is -0.137. The van der Waals surface area contributed by atoms with Crippen molar-refractivity contribution >= 4 is 39.4 Å². The van der Waals surface area contributed by atoms with E-state index in [0.29, 0.717) is 28.3 Å². The van der Waals surface area contributed by atoms with Gasteiger partial charge in [-0.1, -0.05) is 41.9 Å². The molecular weight excluding hydrogens is 479 g/mol. The average molecular weight is 496 g/mol. The molecule has 0 spiro atoms. The monoisotopic (exact) mass is 495 g/mol. The highest BCUT2D eigenvalue weighted by Gasteiger charge is 2.30. The van der Waals surface area contributed by atoms with E-state index in [4.69, 9.17) is 11.6 Å². The van der Waals surface area contributed by atoms with Crippen LogP contribution in [-0.2, 0) is 27.4 Å². The zero-order valence-electron chi connectivity index (χ0n) is 16.8. The van der Waals surface area contributed by atoms with E-state index in [-0.39, 0.29) is 17.0 Å². The maximum Gasteiger partial charge on any atom is 0.416 e. The normalized spacial score (nSPS) is 12.0. The number of sulfonamides is 1. The van der Waals surface area contributed by atoms with Crippen LogP contribution in [0.4, 0.5) is 18.9 Å². The lowest BCUT2D eigenvalue weighted by Crippen LogP contribution is -2.20. The number of carbonyl (C=O) groups is 1. The molecule has 3 aromatic carbocycles. The number of hydrazone groups is 1. The smallest absolute Gasteiger partial charge is 0.279 e. The molecule has 0 atom stereocenters. The number of carbonyl (C=O) groups excluding carboxylic acids is 1. The maximum absolute atomic E-state index is 12.7. The Morgan fingerprint density at radius 1 is 1.00 bits per heavy atom. The van der Waals surface area contributed by atoms with Gasteiger partial charge in [-0.3, -0.25) is 9.52 Å². The van der Waals surface area contributed by atoms with Gasteiger partial charge in [-0.2, -0.15) is 18.3 Å². The first-order chi connectivity index (χ1) is 15.5. The number of para-hydroxylation sites is 1. The number of amides is 1. The fourth-order valence-corrected chi connectivity index (χ4v) is 4.08. The third-order valence-electron chi connectivity index (χ3n) is 4.34. The van der Waals surface area contributed by atoms with Crippen molar-refractivity contribution in [1.82, 2.24) is 5.43 Å². The van der Waals surface area contributed by atoms with Crippen molar-refractivity contribution in [3.05, 3.63) is 94.5 Å². The summed E-state index contributed by atoms with van der Waals surface area (Å²) in [7, 11) is -4.16. The molecule has 3 rings (SSSR count). The van der Waals surface area contributed by atoms with E-state index in [1.165, 1.54) is 12.3 Å². The van der Waals surface area contributed by atoms with Gasteiger partial charge in [-0.25, -0.2) is 13.8 Å². The van der Waals surface area contributed by atoms with E-state index in [2.05, 4.69) is 15.2 Å². The number of alkyl halides is 3. The molecular formula is C22H17ClF3N3O3S. The Hall–Kier alpha value is -3.37. The van der Waals surface area contributed by atoms with E-state index in [1.807, 2.05) is 0 Å². The van der Waals surface area contributed by atoms with Crippen molar-refractivity contribution in [3.63, 3.8) is 0 Å². The number of benzene rings is 3. The van der Waals surface area contributed by atoms with Gasteiger partial charge < -0.3 is 0 Å². The van der Waals surface area contributed by atoms with Crippen LogP contribution >= 0.6 is 11.6 Å². The number of hydrogen-bond acceptors (Lipinski definition) is 4. The fourth-order valence-electron chi connectivity index (χ4n) is 2.77. The summed E-state index contributed by atoms with van der Waals surface area (Å²) in [5, 5.41) is 4.34. The van der Waals surface area contributed by atoms with Gasteiger partial charge in [0.05, 0.1) is 28.8 Å². The molecule has 0 saturated heterocycles. The molecule has 172 valence electrons. The number of anilines is 1. The van der Waals surface area contributed by atoms with E-state index in [1.54, 1.807) is 42.5 Å². The molecule has 0 fully saturated rings. The van der Waals surface area contributed by atoms with Gasteiger partial charge in [-0.15, -0.1) is 0 Å². The predicted molar refractivity (Wildman–Crippen MR) is 120 cm³/mol. The first-order valence-electron chi connectivity index (χ1n) is 9.40. The lowest BCUT2D eigenvalue weighted by atomic mass is 10.1. The third kappa shape index (κ3) is 6.80. The lowest BCUT2D eigenvalue weighted by Gasteiger charge is -2.12. The first-order valence-corrected chi connectivity index (χ1v) is 11.3. The number of nitrogens with zero attached hydrogens (tertiary/aromatic N) is 1. The second kappa shape index (κ2) is 10.1. The van der Waals surface area contributed by atoms with Crippen molar-refractivity contribution in [2.24, 2.45) is 5.10 Å². The summed E-state index contributed by atoms with van der Waals surface area (Å²) in [6.07, 6.45) is -3.28. The predicted octanol–water partition coefficient (Wildman–Crippen LogP) is 4.85. The number of nitrogens with one attached hydrogen (secondary N) is 2. The van der Waals surface area contributed by atoms with Crippen molar-refractivity contribution in [2.75, 3.05) is 4.72 Å². The van der Waals surface area contributed by atoms with Crippen molar-refractivity contribution < 1.29 is 26.4 Å². The Morgan fingerprint density at radius 2 is 1.70 bits per heavy atom. The van der Waals surface area contributed by atoms with E-state index >= 15 is 0 Å². The van der Waals surface area contributed by atoms with Crippen molar-refractivity contribution in [3.8, 4) is 0 Å². The highest BCUT2D eigenvalue weighted by molar-refractivity contribution is 7.92. The van der Waals surface area contributed by atoms with Gasteiger partial charge in [0.2, 0.25) is 5.91 Å². The maximum atomic E-state index is 12.7. The van der Waals surface area contributed by atoms with Crippen LogP contribution in [0.25, 0.3) is 0 Å². The summed E-state index contributed by atoms with van der Waals surface area (Å²) < 4.78 is 65.7. The standard InChI is InChI=1S/C22H17ClF3N3O3S/c23-18-6-3-4-15(12-18)13-21(30)28-27-14-16-5-1-2-7-20(16)29-33(31,32)19-10-8-17(9-11-19)22(24,25)26/h1-12,14,29H,13H2,(H,28,30)/b27-14+. The zero-order chi connectivity index (χ0) is 24.1. The molecule has 11 heteroatoms. The van der Waals surface area contributed by atoms with Crippen LogP contribution in [0.5, 0.6) is 0 Å². The van der Waals surface area contributed by atoms with Gasteiger partial charge in [0.25, 0.3) is 10.0 Å². The second-order valence-electron chi connectivity index (χ2n) is 6.81. The van der Waals surface area contributed by atoms with Crippen LogP contribution in [0.2, 0.25) is 5.02 Å². The SMILES string of the molecule is O=C(Cc1cccc(Cl)c1)N/N=C/c1ccccc1NS(=O)(=O)c1ccc(C(F)(F)F)cc1. The molecule has 2 N–H and O–H groups in total. The van der Waals surface area contributed by atoms with Gasteiger partial charge >= 0.3 is 6.18 Å². The molecule has 0 aliphatic heterocycles. The molecule has 0 saturated carbocycles. The molecule has 3 aromatic rings. The minimum atomic E-state index is -4.57. The summed E-state index contributed by atoms with van der Waals surface area (Å²) in [5.74, 6) is -0.406. The van der Waals surface area contributed by atoms with Crippen LogP contribution < -0.4 is 10.1 Å². The molecule has 0 heterocycles. The van der Waals surface area contributed by atoms with Crippen LogP contribution in [0.3, 0.4) is 0 Å². The molecule has 6 nitrogen and oxygen atoms in total. The Labute approximate surface area is 193 Å². The summed E-state index contributed by atoms with van der Waals surface area (Å²) in [6, 6.07) is 16.1. The Kier molecular flexibility index (Phi) is 7.39.